The van der Waals surface area contributed by atoms with Crippen LogP contribution in [0.5, 0.6) is 0 Å². The number of fused-ring (bicyclic) bond motifs is 1. The summed E-state index contributed by atoms with van der Waals surface area (Å²) in [6.07, 6.45) is 0.955. The molecule has 0 aromatic rings. The molecule has 0 N–H and O–H groups in total. The normalized spacial score (nSPS) is 38.4. The van der Waals surface area contributed by atoms with E-state index in [0.29, 0.717) is 25.0 Å². The largest absolute Gasteiger partial charge is 0.338 e. The molecule has 2 aliphatic rings. The predicted octanol–water partition coefficient (Wildman–Crippen LogP) is 0.608. The highest BCUT2D eigenvalue weighted by atomic mass is 32.2. The minimum atomic E-state index is -3.36. The Morgan fingerprint density at radius 1 is 1.46 bits per heavy atom. The van der Waals surface area contributed by atoms with Crippen molar-refractivity contribution in [2.45, 2.75) is 26.3 Å². The molecule has 0 aromatic heterocycles. The second-order valence-electron chi connectivity index (χ2n) is 4.21. The van der Waals surface area contributed by atoms with Crippen LogP contribution in [0.1, 0.15) is 20.3 Å². The Labute approximate surface area is 79.1 Å². The molecular formula is C8H15NO3S. The van der Waals surface area contributed by atoms with Crippen LogP contribution in [-0.4, -0.2) is 31.9 Å². The Hall–Kier alpha value is -0.130. The summed E-state index contributed by atoms with van der Waals surface area (Å²) in [7, 11) is -3.36. The third-order valence-corrected chi connectivity index (χ3v) is 4.49. The molecule has 2 aliphatic heterocycles. The van der Waals surface area contributed by atoms with Gasteiger partial charge in [-0.1, -0.05) is 13.8 Å². The molecular weight excluding hydrogens is 190 g/mol. The van der Waals surface area contributed by atoms with Crippen LogP contribution in [-0.2, 0) is 14.5 Å². The highest BCUT2D eigenvalue weighted by Gasteiger charge is 2.46. The Kier molecular flexibility index (Phi) is 2.13. The van der Waals surface area contributed by atoms with Gasteiger partial charge in [-0.3, -0.25) is 4.18 Å². The highest BCUT2D eigenvalue weighted by Crippen LogP contribution is 2.35. The third kappa shape index (κ3) is 1.49. The fourth-order valence-corrected chi connectivity index (χ4v) is 3.41. The van der Waals surface area contributed by atoms with Crippen molar-refractivity contribution in [1.29, 1.82) is 0 Å². The molecule has 0 bridgehead atoms. The van der Waals surface area contributed by atoms with Crippen LogP contribution in [0.2, 0.25) is 0 Å². The molecule has 2 atom stereocenters. The lowest BCUT2D eigenvalue weighted by Crippen LogP contribution is -2.28. The van der Waals surface area contributed by atoms with Gasteiger partial charge in [0.2, 0.25) is 0 Å². The smallest absolute Gasteiger partial charge is 0.256 e. The van der Waals surface area contributed by atoms with E-state index in [2.05, 4.69) is 13.8 Å². The quantitative estimate of drug-likeness (QED) is 0.630. The number of nitrogens with zero attached hydrogens (tertiary/aromatic N) is 1. The lowest BCUT2D eigenvalue weighted by atomic mass is 9.94. The van der Waals surface area contributed by atoms with Gasteiger partial charge in [-0.15, -0.1) is 0 Å². The van der Waals surface area contributed by atoms with Crippen LogP contribution < -0.4 is 0 Å². The van der Waals surface area contributed by atoms with Gasteiger partial charge in [0.05, 0.1) is 12.6 Å². The Morgan fingerprint density at radius 3 is 2.69 bits per heavy atom. The summed E-state index contributed by atoms with van der Waals surface area (Å²) in [4.78, 5) is 0. The van der Waals surface area contributed by atoms with E-state index in [-0.39, 0.29) is 6.04 Å². The van der Waals surface area contributed by atoms with Crippen LogP contribution in [0.25, 0.3) is 0 Å². The van der Waals surface area contributed by atoms with Gasteiger partial charge in [-0.25, -0.2) is 0 Å². The monoisotopic (exact) mass is 205 g/mol. The lowest BCUT2D eigenvalue weighted by molar-refractivity contribution is 0.314. The fourth-order valence-electron chi connectivity index (χ4n) is 2.06. The van der Waals surface area contributed by atoms with Crippen molar-refractivity contribution < 1.29 is 12.6 Å². The molecule has 2 rings (SSSR count). The maximum Gasteiger partial charge on any atom is 0.338 e. The van der Waals surface area contributed by atoms with Crippen molar-refractivity contribution in [3.63, 3.8) is 0 Å². The minimum absolute atomic E-state index is 0.109. The highest BCUT2D eigenvalue weighted by molar-refractivity contribution is 7.84. The van der Waals surface area contributed by atoms with Gasteiger partial charge < -0.3 is 0 Å². The molecule has 13 heavy (non-hydrogen) atoms. The van der Waals surface area contributed by atoms with Crippen molar-refractivity contribution >= 4 is 10.3 Å². The first kappa shape index (κ1) is 9.43. The topological polar surface area (TPSA) is 46.6 Å². The number of hydrogen-bond donors (Lipinski definition) is 0. The molecule has 2 heterocycles. The molecule has 5 heteroatoms. The minimum Gasteiger partial charge on any atom is -0.256 e. The Morgan fingerprint density at radius 2 is 2.15 bits per heavy atom. The lowest BCUT2D eigenvalue weighted by Gasteiger charge is -2.14. The average molecular weight is 205 g/mol. The molecule has 4 nitrogen and oxygen atoms in total. The van der Waals surface area contributed by atoms with E-state index in [4.69, 9.17) is 4.18 Å². The zero-order valence-corrected chi connectivity index (χ0v) is 8.75. The standard InChI is InChI=1S/C8H15NO3S/c1-6(2)7-3-8-5-12-13(10,11)9(8)4-7/h6-8H,3-5H2,1-2H3/t7?,8-/m1/s1. The first-order valence-corrected chi connectivity index (χ1v) is 6.03. The summed E-state index contributed by atoms with van der Waals surface area (Å²) in [6.45, 7) is 5.27. The van der Waals surface area contributed by atoms with Crippen molar-refractivity contribution in [1.82, 2.24) is 4.31 Å². The Balaban J connectivity index is 2.15. The fraction of sp³-hybridized carbons (Fsp3) is 1.00. The van der Waals surface area contributed by atoms with E-state index in [9.17, 15) is 8.42 Å². The number of rotatable bonds is 1. The Bertz CT molecular complexity index is 299. The molecule has 0 amide bonds. The molecule has 0 saturated carbocycles. The van der Waals surface area contributed by atoms with Crippen LogP contribution in [0.15, 0.2) is 0 Å². The molecule has 0 aromatic carbocycles. The molecule has 1 unspecified atom stereocenters. The van der Waals surface area contributed by atoms with E-state index < -0.39 is 10.3 Å². The van der Waals surface area contributed by atoms with Crippen LogP contribution in [0, 0.1) is 11.8 Å². The first-order valence-electron chi connectivity index (χ1n) is 4.67. The molecule has 0 radical (unpaired) electrons. The van der Waals surface area contributed by atoms with E-state index in [0.717, 1.165) is 6.42 Å². The maximum atomic E-state index is 11.3. The summed E-state index contributed by atoms with van der Waals surface area (Å²) in [6, 6.07) is 0.109. The van der Waals surface area contributed by atoms with Crippen LogP contribution in [0.4, 0.5) is 0 Å². The zero-order chi connectivity index (χ0) is 9.64. The van der Waals surface area contributed by atoms with Gasteiger partial charge in [0.15, 0.2) is 0 Å². The molecule has 0 aliphatic carbocycles. The zero-order valence-electron chi connectivity index (χ0n) is 7.93. The number of hydrogen-bond acceptors (Lipinski definition) is 3. The van der Waals surface area contributed by atoms with E-state index in [1.165, 1.54) is 4.31 Å². The summed E-state index contributed by atoms with van der Waals surface area (Å²) < 4.78 is 28.9. The van der Waals surface area contributed by atoms with Gasteiger partial charge in [-0.2, -0.15) is 12.7 Å². The second kappa shape index (κ2) is 2.93. The van der Waals surface area contributed by atoms with Crippen molar-refractivity contribution in [2.24, 2.45) is 11.8 Å². The predicted molar refractivity (Wildman–Crippen MR) is 48.3 cm³/mol. The molecule has 2 fully saturated rings. The van der Waals surface area contributed by atoms with Gasteiger partial charge in [0.25, 0.3) is 0 Å². The first-order chi connectivity index (χ1) is 6.00. The van der Waals surface area contributed by atoms with Crippen molar-refractivity contribution in [3.8, 4) is 0 Å². The van der Waals surface area contributed by atoms with Crippen LogP contribution in [0.3, 0.4) is 0 Å². The van der Waals surface area contributed by atoms with Gasteiger partial charge >= 0.3 is 10.3 Å². The van der Waals surface area contributed by atoms with E-state index >= 15 is 0 Å². The third-order valence-electron chi connectivity index (χ3n) is 3.04. The van der Waals surface area contributed by atoms with E-state index in [1.807, 2.05) is 0 Å². The summed E-state index contributed by atoms with van der Waals surface area (Å²) >= 11 is 0. The van der Waals surface area contributed by atoms with Gasteiger partial charge in [-0.05, 0) is 18.3 Å². The van der Waals surface area contributed by atoms with E-state index in [1.54, 1.807) is 0 Å². The van der Waals surface area contributed by atoms with Crippen LogP contribution >= 0.6 is 0 Å². The molecule has 76 valence electrons. The summed E-state index contributed by atoms with van der Waals surface area (Å²) in [5, 5.41) is 0. The van der Waals surface area contributed by atoms with Gasteiger partial charge in [0.1, 0.15) is 0 Å². The maximum absolute atomic E-state index is 11.3. The van der Waals surface area contributed by atoms with Crippen molar-refractivity contribution in [2.75, 3.05) is 13.2 Å². The summed E-state index contributed by atoms with van der Waals surface area (Å²) in [5.74, 6) is 1.06. The van der Waals surface area contributed by atoms with Gasteiger partial charge in [0, 0.05) is 6.54 Å². The average Bonchev–Trinajstić information content (AvgIpc) is 2.53. The molecule has 0 spiro atoms. The molecule has 2 saturated heterocycles. The SMILES string of the molecule is CC(C)C1C[C@@H]2COS(=O)(=O)N2C1. The summed E-state index contributed by atoms with van der Waals surface area (Å²) in [5.41, 5.74) is 0. The second-order valence-corrected chi connectivity index (χ2v) is 5.77. The van der Waals surface area contributed by atoms with Crippen molar-refractivity contribution in [3.05, 3.63) is 0 Å².